The van der Waals surface area contributed by atoms with Crippen LogP contribution in [-0.2, 0) is 4.79 Å². The maximum absolute atomic E-state index is 11.0. The van der Waals surface area contributed by atoms with Crippen LogP contribution < -0.4 is 4.90 Å². The van der Waals surface area contributed by atoms with Crippen LogP contribution >= 0.6 is 0 Å². The molecule has 116 valence electrons. The van der Waals surface area contributed by atoms with Crippen LogP contribution in [0.2, 0.25) is 0 Å². The van der Waals surface area contributed by atoms with E-state index in [0.29, 0.717) is 0 Å². The molecule has 0 aliphatic carbocycles. The first-order chi connectivity index (χ1) is 9.81. The molecule has 1 fully saturated rings. The molecule has 0 bridgehead atoms. The van der Waals surface area contributed by atoms with Crippen molar-refractivity contribution < 1.29 is 15.0 Å². The number of carboxylic acids is 1. The largest absolute Gasteiger partial charge is 0.479 e. The maximum Gasteiger partial charge on any atom is 0.336 e. The Morgan fingerprint density at radius 2 is 1.86 bits per heavy atom. The second-order valence-electron chi connectivity index (χ2n) is 6.06. The van der Waals surface area contributed by atoms with E-state index in [1.807, 2.05) is 4.90 Å². The van der Waals surface area contributed by atoms with Gasteiger partial charge in [-0.1, -0.05) is 12.1 Å². The lowest BCUT2D eigenvalue weighted by Crippen LogP contribution is -2.53. The quantitative estimate of drug-likeness (QED) is 0.875. The van der Waals surface area contributed by atoms with E-state index in [4.69, 9.17) is 5.11 Å². The predicted molar refractivity (Wildman–Crippen MR) is 82.8 cm³/mol. The summed E-state index contributed by atoms with van der Waals surface area (Å²) in [5.41, 5.74) is 2.15. The number of aryl methyl sites for hydroxylation is 1. The maximum atomic E-state index is 11.0. The number of nitrogens with zero attached hydrogens (tertiary/aromatic N) is 2. The van der Waals surface area contributed by atoms with Crippen molar-refractivity contribution >= 4 is 11.7 Å². The minimum Gasteiger partial charge on any atom is -0.479 e. The lowest BCUT2D eigenvalue weighted by molar-refractivity contribution is -0.158. The molecule has 5 nitrogen and oxygen atoms in total. The number of benzene rings is 1. The summed E-state index contributed by atoms with van der Waals surface area (Å²) in [4.78, 5) is 15.3. The van der Waals surface area contributed by atoms with Gasteiger partial charge in [-0.05, 0) is 38.0 Å². The van der Waals surface area contributed by atoms with E-state index in [1.165, 1.54) is 23.7 Å². The van der Waals surface area contributed by atoms with Gasteiger partial charge in [0.1, 0.15) is 0 Å². The molecule has 1 saturated heterocycles. The van der Waals surface area contributed by atoms with Gasteiger partial charge in [-0.2, -0.15) is 0 Å². The van der Waals surface area contributed by atoms with E-state index < -0.39 is 11.6 Å². The van der Waals surface area contributed by atoms with Gasteiger partial charge in [0.05, 0.1) is 0 Å². The Kier molecular flexibility index (Phi) is 4.54. The molecule has 21 heavy (non-hydrogen) atoms. The zero-order chi connectivity index (χ0) is 15.6. The highest BCUT2D eigenvalue weighted by Crippen LogP contribution is 2.24. The van der Waals surface area contributed by atoms with E-state index >= 15 is 0 Å². The highest BCUT2D eigenvalue weighted by Gasteiger charge is 2.33. The van der Waals surface area contributed by atoms with Crippen molar-refractivity contribution in [2.75, 3.05) is 37.6 Å². The molecule has 2 rings (SSSR count). The zero-order valence-corrected chi connectivity index (χ0v) is 13.0. The molecule has 1 aliphatic heterocycles. The number of anilines is 1. The topological polar surface area (TPSA) is 64.0 Å². The van der Waals surface area contributed by atoms with Gasteiger partial charge in [-0.3, -0.25) is 4.90 Å². The third-order valence-electron chi connectivity index (χ3n) is 4.28. The number of carboxylic acid groups (broad SMARTS) is 1. The van der Waals surface area contributed by atoms with E-state index in [9.17, 15) is 9.90 Å². The highest BCUT2D eigenvalue weighted by atomic mass is 16.4. The average molecular weight is 292 g/mol. The monoisotopic (exact) mass is 292 g/mol. The molecule has 1 aromatic rings. The van der Waals surface area contributed by atoms with Crippen molar-refractivity contribution in [2.45, 2.75) is 26.4 Å². The Hall–Kier alpha value is -1.59. The summed E-state index contributed by atoms with van der Waals surface area (Å²) in [6.07, 6.45) is 0. The smallest absolute Gasteiger partial charge is 0.336 e. The summed E-state index contributed by atoms with van der Waals surface area (Å²) in [7, 11) is 0. The summed E-state index contributed by atoms with van der Waals surface area (Å²) in [5.74, 6) is -1.17. The summed E-state index contributed by atoms with van der Waals surface area (Å²) >= 11 is 0. The summed E-state index contributed by atoms with van der Waals surface area (Å²) in [6.45, 7) is 8.98. The second-order valence-corrected chi connectivity index (χ2v) is 6.06. The summed E-state index contributed by atoms with van der Waals surface area (Å²) in [6, 6.07) is 6.31. The van der Waals surface area contributed by atoms with Gasteiger partial charge in [0.15, 0.2) is 5.60 Å². The van der Waals surface area contributed by atoms with Crippen LogP contribution in [0.5, 0.6) is 0 Å². The molecule has 0 amide bonds. The van der Waals surface area contributed by atoms with E-state index in [2.05, 4.69) is 36.9 Å². The van der Waals surface area contributed by atoms with Gasteiger partial charge >= 0.3 is 5.97 Å². The molecule has 1 heterocycles. The summed E-state index contributed by atoms with van der Waals surface area (Å²) in [5, 5.41) is 18.8. The van der Waals surface area contributed by atoms with Crippen molar-refractivity contribution in [1.29, 1.82) is 0 Å². The number of hydrogen-bond donors (Lipinski definition) is 2. The molecule has 2 N–H and O–H groups in total. The molecule has 0 saturated carbocycles. The number of aliphatic hydroxyl groups is 1. The molecule has 0 radical (unpaired) electrons. The van der Waals surface area contributed by atoms with Gasteiger partial charge in [-0.25, -0.2) is 4.79 Å². The number of rotatable bonds is 4. The molecule has 1 aromatic carbocycles. The van der Waals surface area contributed by atoms with Gasteiger partial charge < -0.3 is 15.1 Å². The minimum atomic E-state index is -1.68. The number of piperazine rings is 1. The average Bonchev–Trinajstić information content (AvgIpc) is 2.42. The number of carbonyl (C=O) groups is 1. The SMILES string of the molecule is Cc1cccc(N2CCN(CC(C)(O)C(=O)O)CC2)c1C. The Labute approximate surface area is 125 Å². The molecule has 1 unspecified atom stereocenters. The zero-order valence-electron chi connectivity index (χ0n) is 13.0. The molecule has 0 aromatic heterocycles. The Morgan fingerprint density at radius 1 is 1.24 bits per heavy atom. The molecule has 0 spiro atoms. The van der Waals surface area contributed by atoms with Crippen LogP contribution in [-0.4, -0.2) is 59.4 Å². The Bertz CT molecular complexity index is 520. The fourth-order valence-corrected chi connectivity index (χ4v) is 2.73. The third kappa shape index (κ3) is 3.54. The number of β-amino-alcohol motifs (C(OH)–C–C–N with tert-alkyl or cyclic N) is 1. The van der Waals surface area contributed by atoms with Crippen LogP contribution in [0.4, 0.5) is 5.69 Å². The fourth-order valence-electron chi connectivity index (χ4n) is 2.73. The summed E-state index contributed by atoms with van der Waals surface area (Å²) < 4.78 is 0. The first-order valence-electron chi connectivity index (χ1n) is 7.30. The molecular weight excluding hydrogens is 268 g/mol. The van der Waals surface area contributed by atoms with Crippen LogP contribution in [0.3, 0.4) is 0 Å². The molecular formula is C16H24N2O3. The number of hydrogen-bond acceptors (Lipinski definition) is 4. The second kappa shape index (κ2) is 6.03. The van der Waals surface area contributed by atoms with Crippen LogP contribution in [0.1, 0.15) is 18.1 Å². The molecule has 1 atom stereocenters. The van der Waals surface area contributed by atoms with Gasteiger partial charge in [-0.15, -0.1) is 0 Å². The van der Waals surface area contributed by atoms with Crippen molar-refractivity contribution in [3.05, 3.63) is 29.3 Å². The van der Waals surface area contributed by atoms with Crippen molar-refractivity contribution in [2.24, 2.45) is 0 Å². The van der Waals surface area contributed by atoms with Crippen molar-refractivity contribution in [3.8, 4) is 0 Å². The molecule has 1 aliphatic rings. The third-order valence-corrected chi connectivity index (χ3v) is 4.28. The lowest BCUT2D eigenvalue weighted by atomic mass is 10.1. The van der Waals surface area contributed by atoms with Gasteiger partial charge in [0, 0.05) is 38.4 Å². The Balaban J connectivity index is 1.98. The standard InChI is InChI=1S/C16H24N2O3/c1-12-5-4-6-14(13(12)2)18-9-7-17(8-10-18)11-16(3,21)15(19)20/h4-6,21H,7-11H2,1-3H3,(H,19,20). The van der Waals surface area contributed by atoms with Crippen molar-refractivity contribution in [3.63, 3.8) is 0 Å². The van der Waals surface area contributed by atoms with E-state index in [0.717, 1.165) is 26.2 Å². The normalized spacial score (nSPS) is 19.3. The predicted octanol–water partition coefficient (Wildman–Crippen LogP) is 1.26. The van der Waals surface area contributed by atoms with Crippen molar-refractivity contribution in [1.82, 2.24) is 4.90 Å². The lowest BCUT2D eigenvalue weighted by Gasteiger charge is -2.38. The number of aliphatic carboxylic acids is 1. The highest BCUT2D eigenvalue weighted by molar-refractivity contribution is 5.76. The van der Waals surface area contributed by atoms with Gasteiger partial charge in [0.2, 0.25) is 0 Å². The van der Waals surface area contributed by atoms with E-state index in [1.54, 1.807) is 0 Å². The Morgan fingerprint density at radius 3 is 2.43 bits per heavy atom. The van der Waals surface area contributed by atoms with Crippen LogP contribution in [0.15, 0.2) is 18.2 Å². The fraction of sp³-hybridized carbons (Fsp3) is 0.562. The minimum absolute atomic E-state index is 0.170. The van der Waals surface area contributed by atoms with Crippen LogP contribution in [0, 0.1) is 13.8 Å². The first-order valence-corrected chi connectivity index (χ1v) is 7.30. The van der Waals surface area contributed by atoms with E-state index in [-0.39, 0.29) is 6.54 Å². The van der Waals surface area contributed by atoms with Gasteiger partial charge in [0.25, 0.3) is 0 Å². The van der Waals surface area contributed by atoms with Crippen LogP contribution in [0.25, 0.3) is 0 Å². The molecule has 5 heteroatoms. The first kappa shape index (κ1) is 15.8.